The van der Waals surface area contributed by atoms with Crippen molar-refractivity contribution in [1.82, 2.24) is 0 Å². The summed E-state index contributed by atoms with van der Waals surface area (Å²) in [5.41, 5.74) is 0.725. The van der Waals surface area contributed by atoms with Gasteiger partial charge in [-0.1, -0.05) is 51.0 Å². The predicted molar refractivity (Wildman–Crippen MR) is 79.2 cm³/mol. The molecule has 1 saturated carbocycles. The fourth-order valence-electron chi connectivity index (χ4n) is 4.52. The number of aliphatic hydroxyl groups is 1. The monoisotopic (exact) mass is 269 g/mol. The van der Waals surface area contributed by atoms with Gasteiger partial charge in [0.05, 0.1) is 11.7 Å². The number of benzene rings is 1. The highest BCUT2D eigenvalue weighted by atomic mass is 16.3. The third-order valence-electron chi connectivity index (χ3n) is 6.00. The maximum atomic E-state index is 11.5. The Labute approximate surface area is 121 Å². The van der Waals surface area contributed by atoms with Gasteiger partial charge < -0.3 is 5.11 Å². The number of nitriles is 1. The average molecular weight is 269 g/mol. The summed E-state index contributed by atoms with van der Waals surface area (Å²) in [5, 5.41) is 21.5. The minimum atomic E-state index is -0.883. The lowest BCUT2D eigenvalue weighted by Crippen LogP contribution is -2.57. The number of nitrogens with zero attached hydrogens (tertiary/aromatic N) is 1. The average Bonchev–Trinajstić information content (AvgIpc) is 2.85. The number of fused-ring (bicyclic) bond motifs is 1. The molecule has 0 amide bonds. The molecule has 106 valence electrons. The Morgan fingerprint density at radius 3 is 2.75 bits per heavy atom. The van der Waals surface area contributed by atoms with E-state index in [4.69, 9.17) is 0 Å². The van der Waals surface area contributed by atoms with Crippen LogP contribution in [-0.4, -0.2) is 10.7 Å². The minimum absolute atomic E-state index is 0.169. The quantitative estimate of drug-likeness (QED) is 0.847. The Morgan fingerprint density at radius 1 is 1.25 bits per heavy atom. The van der Waals surface area contributed by atoms with Gasteiger partial charge in [0.15, 0.2) is 0 Å². The predicted octanol–water partition coefficient (Wildman–Crippen LogP) is 3.58. The third-order valence-corrected chi connectivity index (χ3v) is 6.00. The van der Waals surface area contributed by atoms with E-state index in [-0.39, 0.29) is 5.92 Å². The van der Waals surface area contributed by atoms with Crippen molar-refractivity contribution in [3.63, 3.8) is 0 Å². The van der Waals surface area contributed by atoms with Crippen molar-refractivity contribution in [3.8, 4) is 6.07 Å². The Hall–Kier alpha value is -1.33. The molecule has 0 heterocycles. The third kappa shape index (κ3) is 1.59. The largest absolute Gasteiger partial charge is 0.388 e. The van der Waals surface area contributed by atoms with Gasteiger partial charge in [-0.2, -0.15) is 5.26 Å². The summed E-state index contributed by atoms with van der Waals surface area (Å²) >= 11 is 0. The van der Waals surface area contributed by atoms with Crippen molar-refractivity contribution in [3.05, 3.63) is 35.4 Å². The lowest BCUT2D eigenvalue weighted by molar-refractivity contribution is -0.105. The molecular formula is C18H23NO. The van der Waals surface area contributed by atoms with Gasteiger partial charge in [-0.3, -0.25) is 0 Å². The van der Waals surface area contributed by atoms with E-state index >= 15 is 0 Å². The van der Waals surface area contributed by atoms with Gasteiger partial charge in [0.1, 0.15) is 5.41 Å². The highest BCUT2D eigenvalue weighted by Crippen LogP contribution is 2.54. The Balaban J connectivity index is 2.13. The summed E-state index contributed by atoms with van der Waals surface area (Å²) in [6.45, 7) is 4.34. The zero-order valence-electron chi connectivity index (χ0n) is 12.4. The molecule has 1 aromatic rings. The second kappa shape index (κ2) is 4.60. The molecular weight excluding hydrogens is 246 g/mol. The molecule has 1 aromatic carbocycles. The molecule has 0 aromatic heterocycles. The second-order valence-corrected chi connectivity index (χ2v) is 6.76. The molecule has 20 heavy (non-hydrogen) atoms. The molecule has 0 saturated heterocycles. The Bertz CT molecular complexity index is 561. The van der Waals surface area contributed by atoms with E-state index in [0.717, 1.165) is 37.7 Å². The Morgan fingerprint density at radius 2 is 2.00 bits per heavy atom. The first-order valence-corrected chi connectivity index (χ1v) is 7.77. The number of aryl methyl sites for hydroxylation is 1. The van der Waals surface area contributed by atoms with Crippen molar-refractivity contribution in [2.24, 2.45) is 11.8 Å². The van der Waals surface area contributed by atoms with E-state index in [1.165, 1.54) is 5.56 Å². The first-order valence-electron chi connectivity index (χ1n) is 7.77. The van der Waals surface area contributed by atoms with Crippen molar-refractivity contribution in [2.75, 3.05) is 0 Å². The van der Waals surface area contributed by atoms with E-state index in [1.54, 1.807) is 0 Å². The molecule has 1 N–H and O–H groups in total. The van der Waals surface area contributed by atoms with Gasteiger partial charge in [0.25, 0.3) is 0 Å². The van der Waals surface area contributed by atoms with Crippen LogP contribution in [0.1, 0.15) is 50.7 Å². The maximum Gasteiger partial charge on any atom is 0.112 e. The van der Waals surface area contributed by atoms with Crippen molar-refractivity contribution in [2.45, 2.75) is 57.0 Å². The molecule has 0 aliphatic heterocycles. The maximum absolute atomic E-state index is 11.5. The van der Waals surface area contributed by atoms with Crippen LogP contribution >= 0.6 is 0 Å². The normalized spacial score (nSPS) is 40.1. The van der Waals surface area contributed by atoms with Gasteiger partial charge >= 0.3 is 0 Å². The first-order chi connectivity index (χ1) is 9.55. The van der Waals surface area contributed by atoms with Crippen LogP contribution in [0.3, 0.4) is 0 Å². The molecule has 3 rings (SSSR count). The van der Waals surface area contributed by atoms with Crippen LogP contribution in [-0.2, 0) is 11.8 Å². The highest BCUT2D eigenvalue weighted by molar-refractivity contribution is 5.48. The van der Waals surface area contributed by atoms with Crippen LogP contribution < -0.4 is 0 Å². The van der Waals surface area contributed by atoms with E-state index in [0.29, 0.717) is 5.92 Å². The lowest BCUT2D eigenvalue weighted by atomic mass is 9.56. The van der Waals surface area contributed by atoms with Gasteiger partial charge in [-0.15, -0.1) is 0 Å². The molecule has 2 aliphatic carbocycles. The van der Waals surface area contributed by atoms with E-state index in [2.05, 4.69) is 32.0 Å². The SMILES string of the molecule is CC1CCCC(O)(C2(C#N)CCc3ccccc32)C1C. The summed E-state index contributed by atoms with van der Waals surface area (Å²) in [6.07, 6.45) is 4.60. The molecule has 2 aliphatic rings. The molecule has 1 fully saturated rings. The van der Waals surface area contributed by atoms with Crippen molar-refractivity contribution < 1.29 is 5.11 Å². The number of hydrogen-bond donors (Lipinski definition) is 1. The molecule has 0 bridgehead atoms. The van der Waals surface area contributed by atoms with Crippen molar-refractivity contribution in [1.29, 1.82) is 5.26 Å². The molecule has 0 spiro atoms. The number of hydrogen-bond acceptors (Lipinski definition) is 2. The van der Waals surface area contributed by atoms with Crippen LogP contribution in [0.4, 0.5) is 0 Å². The zero-order valence-corrected chi connectivity index (χ0v) is 12.4. The molecule has 4 atom stereocenters. The van der Waals surface area contributed by atoms with E-state index in [9.17, 15) is 10.4 Å². The lowest BCUT2D eigenvalue weighted by Gasteiger charge is -2.50. The van der Waals surface area contributed by atoms with Crippen LogP contribution in [0.2, 0.25) is 0 Å². The summed E-state index contributed by atoms with van der Waals surface area (Å²) in [5.74, 6) is 0.647. The topological polar surface area (TPSA) is 44.0 Å². The summed E-state index contributed by atoms with van der Waals surface area (Å²) < 4.78 is 0. The highest BCUT2D eigenvalue weighted by Gasteiger charge is 2.59. The van der Waals surface area contributed by atoms with Crippen molar-refractivity contribution >= 4 is 0 Å². The summed E-state index contributed by atoms with van der Waals surface area (Å²) in [4.78, 5) is 0. The second-order valence-electron chi connectivity index (χ2n) is 6.76. The van der Waals surface area contributed by atoms with Crippen LogP contribution in [0, 0.1) is 23.2 Å². The smallest absolute Gasteiger partial charge is 0.112 e. The van der Waals surface area contributed by atoms with Gasteiger partial charge in [-0.25, -0.2) is 0 Å². The van der Waals surface area contributed by atoms with Gasteiger partial charge in [0.2, 0.25) is 0 Å². The molecule has 2 heteroatoms. The fourth-order valence-corrected chi connectivity index (χ4v) is 4.52. The summed E-state index contributed by atoms with van der Waals surface area (Å²) in [6, 6.07) is 10.7. The van der Waals surface area contributed by atoms with Crippen LogP contribution in [0.5, 0.6) is 0 Å². The van der Waals surface area contributed by atoms with Crippen LogP contribution in [0.15, 0.2) is 24.3 Å². The van der Waals surface area contributed by atoms with Gasteiger partial charge in [-0.05, 0) is 42.2 Å². The fraction of sp³-hybridized carbons (Fsp3) is 0.611. The van der Waals surface area contributed by atoms with E-state index in [1.807, 2.05) is 12.1 Å². The zero-order chi connectivity index (χ0) is 14.4. The minimum Gasteiger partial charge on any atom is -0.388 e. The summed E-state index contributed by atoms with van der Waals surface area (Å²) in [7, 11) is 0. The molecule has 2 nitrogen and oxygen atoms in total. The van der Waals surface area contributed by atoms with Crippen LogP contribution in [0.25, 0.3) is 0 Å². The Kier molecular flexibility index (Phi) is 3.14. The first kappa shape index (κ1) is 13.6. The molecule has 0 radical (unpaired) electrons. The van der Waals surface area contributed by atoms with E-state index < -0.39 is 11.0 Å². The number of rotatable bonds is 1. The van der Waals surface area contributed by atoms with Gasteiger partial charge in [0, 0.05) is 0 Å². The molecule has 4 unspecified atom stereocenters. The standard InChI is InChI=1S/C18H23NO/c1-13-6-5-10-18(20,14(13)2)17(12-19)11-9-15-7-3-4-8-16(15)17/h3-4,7-8,13-14,20H,5-6,9-11H2,1-2H3.